The highest BCUT2D eigenvalue weighted by atomic mass is 35.5. The van der Waals surface area contributed by atoms with Gasteiger partial charge in [-0.2, -0.15) is 5.10 Å². The van der Waals surface area contributed by atoms with Gasteiger partial charge < -0.3 is 0 Å². The van der Waals surface area contributed by atoms with Crippen LogP contribution in [-0.2, 0) is 4.79 Å². The van der Waals surface area contributed by atoms with Crippen molar-refractivity contribution < 1.29 is 13.6 Å². The smallest absolute Gasteiger partial charge is 0.275 e. The first-order chi connectivity index (χ1) is 17.3. The molecule has 0 aliphatic carbocycles. The number of nitrogens with zero attached hydrogens (tertiary/aromatic N) is 3. The van der Waals surface area contributed by atoms with Crippen molar-refractivity contribution in [1.29, 1.82) is 0 Å². The SMILES string of the molecule is CC1=NN(c2ccc(F)cc2)C(=O)[C@@H]1[C@@H](c1ccccc1Cl)c1c(C)[nH]n(-c2ccc(F)cc2)c1=O. The van der Waals surface area contributed by atoms with E-state index in [1.54, 1.807) is 38.1 Å². The highest BCUT2D eigenvalue weighted by Crippen LogP contribution is 2.40. The van der Waals surface area contributed by atoms with E-state index in [4.69, 9.17) is 11.6 Å². The number of hydrazone groups is 1. The lowest BCUT2D eigenvalue weighted by Gasteiger charge is -2.24. The van der Waals surface area contributed by atoms with Crippen molar-refractivity contribution in [1.82, 2.24) is 9.78 Å². The van der Waals surface area contributed by atoms with Gasteiger partial charge in [0.1, 0.15) is 11.6 Å². The van der Waals surface area contributed by atoms with Crippen LogP contribution in [0.2, 0.25) is 5.02 Å². The fourth-order valence-corrected chi connectivity index (χ4v) is 4.91. The lowest BCUT2D eigenvalue weighted by atomic mass is 9.78. The number of rotatable bonds is 5. The van der Waals surface area contributed by atoms with Crippen LogP contribution in [0.25, 0.3) is 5.69 Å². The summed E-state index contributed by atoms with van der Waals surface area (Å²) in [6, 6.07) is 18.0. The van der Waals surface area contributed by atoms with Crippen molar-refractivity contribution in [2.75, 3.05) is 5.01 Å². The number of aryl methyl sites for hydroxylation is 1. The molecule has 0 saturated carbocycles. The molecule has 1 aliphatic heterocycles. The van der Waals surface area contributed by atoms with E-state index in [1.807, 2.05) is 0 Å². The minimum absolute atomic E-state index is 0.348. The zero-order valence-corrected chi connectivity index (χ0v) is 20.1. The Morgan fingerprint density at radius 2 is 1.47 bits per heavy atom. The number of benzene rings is 3. The summed E-state index contributed by atoms with van der Waals surface area (Å²) in [6.07, 6.45) is 0. The molecule has 3 aromatic carbocycles. The highest BCUT2D eigenvalue weighted by Gasteiger charge is 2.44. The maximum Gasteiger partial charge on any atom is 0.275 e. The molecular weight excluding hydrogens is 486 g/mol. The maximum atomic E-state index is 13.8. The van der Waals surface area contributed by atoms with Gasteiger partial charge in [0.15, 0.2) is 0 Å². The van der Waals surface area contributed by atoms with Crippen LogP contribution in [0.4, 0.5) is 14.5 Å². The molecule has 2 atom stereocenters. The number of aromatic nitrogens is 2. The number of aromatic amines is 1. The zero-order chi connectivity index (χ0) is 25.6. The summed E-state index contributed by atoms with van der Waals surface area (Å²) in [7, 11) is 0. The van der Waals surface area contributed by atoms with Gasteiger partial charge >= 0.3 is 0 Å². The van der Waals surface area contributed by atoms with Crippen molar-refractivity contribution in [3.63, 3.8) is 0 Å². The standard InChI is InChI=1S/C27H21ClF2N4O2/c1-15-23(26(35)33(31-15)19-11-7-17(29)8-12-19)25(21-5-3-4-6-22(21)28)24-16(2)32-34(27(24)36)20-13-9-18(30)10-14-20/h3-14,23,25,32H,1-2H3/t23-,25+/m0/s1. The van der Waals surface area contributed by atoms with Gasteiger partial charge in [-0.1, -0.05) is 29.8 Å². The highest BCUT2D eigenvalue weighted by molar-refractivity contribution is 6.31. The predicted octanol–water partition coefficient (Wildman–Crippen LogP) is 5.58. The molecule has 9 heteroatoms. The Balaban J connectivity index is 1.66. The summed E-state index contributed by atoms with van der Waals surface area (Å²) >= 11 is 6.59. The molecule has 0 spiro atoms. The summed E-state index contributed by atoms with van der Waals surface area (Å²) < 4.78 is 28.3. The van der Waals surface area contributed by atoms with Crippen LogP contribution < -0.4 is 10.6 Å². The number of H-pyrrole nitrogens is 1. The quantitative estimate of drug-likeness (QED) is 0.384. The number of hydrogen-bond donors (Lipinski definition) is 1. The summed E-state index contributed by atoms with van der Waals surface area (Å²) in [5.41, 5.74) is 2.45. The molecule has 0 unspecified atom stereocenters. The van der Waals surface area contributed by atoms with E-state index >= 15 is 0 Å². The van der Waals surface area contributed by atoms with Crippen LogP contribution in [0.15, 0.2) is 82.7 Å². The van der Waals surface area contributed by atoms with E-state index < -0.39 is 23.5 Å². The topological polar surface area (TPSA) is 70.5 Å². The van der Waals surface area contributed by atoms with Gasteiger partial charge in [-0.3, -0.25) is 14.7 Å². The van der Waals surface area contributed by atoms with Gasteiger partial charge in [0.05, 0.1) is 17.3 Å². The van der Waals surface area contributed by atoms with Crippen molar-refractivity contribution in [2.24, 2.45) is 11.0 Å². The maximum absolute atomic E-state index is 13.8. The fraction of sp³-hybridized carbons (Fsp3) is 0.148. The Bertz CT molecular complexity index is 1540. The summed E-state index contributed by atoms with van der Waals surface area (Å²) in [5.74, 6) is -2.81. The number of amides is 1. The van der Waals surface area contributed by atoms with Crippen molar-refractivity contribution in [2.45, 2.75) is 19.8 Å². The van der Waals surface area contributed by atoms with Gasteiger partial charge in [0.2, 0.25) is 0 Å². The number of nitrogens with one attached hydrogen (secondary N) is 1. The number of halogens is 3. The Kier molecular flexibility index (Phi) is 6.05. The normalized spacial score (nSPS) is 16.4. The van der Waals surface area contributed by atoms with Crippen LogP contribution in [0, 0.1) is 24.5 Å². The van der Waals surface area contributed by atoms with E-state index in [-0.39, 0.29) is 11.5 Å². The molecule has 1 aliphatic rings. The number of carbonyl (C=O) groups excluding carboxylic acids is 1. The monoisotopic (exact) mass is 506 g/mol. The second kappa shape index (κ2) is 9.20. The lowest BCUT2D eigenvalue weighted by molar-refractivity contribution is -0.120. The molecule has 0 saturated heterocycles. The van der Waals surface area contributed by atoms with Gasteiger partial charge in [-0.15, -0.1) is 0 Å². The molecule has 36 heavy (non-hydrogen) atoms. The van der Waals surface area contributed by atoms with E-state index in [2.05, 4.69) is 10.2 Å². The van der Waals surface area contributed by atoms with E-state index in [0.29, 0.717) is 38.9 Å². The average Bonchev–Trinajstić information content (AvgIpc) is 3.32. The molecule has 1 aromatic heterocycles. The van der Waals surface area contributed by atoms with Crippen LogP contribution >= 0.6 is 11.6 Å². The largest absolute Gasteiger partial charge is 0.295 e. The zero-order valence-electron chi connectivity index (χ0n) is 19.4. The second-order valence-corrected chi connectivity index (χ2v) is 9.02. The average molecular weight is 507 g/mol. The molecule has 0 fully saturated rings. The van der Waals surface area contributed by atoms with Crippen LogP contribution in [0.3, 0.4) is 0 Å². The van der Waals surface area contributed by atoms with Crippen molar-refractivity contribution >= 4 is 28.9 Å². The first kappa shape index (κ1) is 23.7. The van der Waals surface area contributed by atoms with Gasteiger partial charge in [0, 0.05) is 27.9 Å². The molecular formula is C27H21ClF2N4O2. The van der Waals surface area contributed by atoms with Crippen LogP contribution in [0.5, 0.6) is 0 Å². The molecule has 0 radical (unpaired) electrons. The number of hydrogen-bond acceptors (Lipinski definition) is 3. The molecule has 5 rings (SSSR count). The first-order valence-corrected chi connectivity index (χ1v) is 11.6. The number of anilines is 1. The Morgan fingerprint density at radius 1 is 0.889 bits per heavy atom. The third-order valence-corrected chi connectivity index (χ3v) is 6.68. The number of carbonyl (C=O) groups is 1. The minimum Gasteiger partial charge on any atom is -0.295 e. The molecule has 1 N–H and O–H groups in total. The molecule has 182 valence electrons. The fourth-order valence-electron chi connectivity index (χ4n) is 4.66. The van der Waals surface area contributed by atoms with E-state index in [1.165, 1.54) is 58.2 Å². The van der Waals surface area contributed by atoms with E-state index in [9.17, 15) is 18.4 Å². The van der Waals surface area contributed by atoms with Crippen molar-refractivity contribution in [3.05, 3.63) is 117 Å². The Labute approximate surface area is 210 Å². The summed E-state index contributed by atoms with van der Waals surface area (Å²) in [5, 5.41) is 9.14. The van der Waals surface area contributed by atoms with Gasteiger partial charge in [-0.05, 0) is 74.0 Å². The first-order valence-electron chi connectivity index (χ1n) is 11.2. The van der Waals surface area contributed by atoms with Gasteiger partial charge in [-0.25, -0.2) is 18.5 Å². The van der Waals surface area contributed by atoms with Crippen LogP contribution in [-0.4, -0.2) is 21.4 Å². The third-order valence-electron chi connectivity index (χ3n) is 6.34. The molecule has 6 nitrogen and oxygen atoms in total. The Morgan fingerprint density at radius 3 is 2.08 bits per heavy atom. The molecule has 4 aromatic rings. The lowest BCUT2D eigenvalue weighted by Crippen LogP contribution is -2.34. The van der Waals surface area contributed by atoms with Crippen LogP contribution in [0.1, 0.15) is 29.7 Å². The summed E-state index contributed by atoms with van der Waals surface area (Å²) in [4.78, 5) is 27.5. The van der Waals surface area contributed by atoms with Gasteiger partial charge in [0.25, 0.3) is 11.5 Å². The summed E-state index contributed by atoms with van der Waals surface area (Å²) in [6.45, 7) is 3.46. The minimum atomic E-state index is -0.834. The molecule has 0 bridgehead atoms. The van der Waals surface area contributed by atoms with E-state index in [0.717, 1.165) is 0 Å². The second-order valence-electron chi connectivity index (χ2n) is 8.61. The van der Waals surface area contributed by atoms with Crippen molar-refractivity contribution in [3.8, 4) is 5.69 Å². The third kappa shape index (κ3) is 4.03. The molecule has 2 heterocycles. The molecule has 1 amide bonds. The predicted molar refractivity (Wildman–Crippen MR) is 135 cm³/mol. The Hall–Kier alpha value is -4.04.